The Morgan fingerprint density at radius 2 is 1.89 bits per heavy atom. The van der Waals surface area contributed by atoms with E-state index in [1.165, 1.54) is 0 Å². The molecule has 106 valence electrons. The number of nitrogens with one attached hydrogen (secondary N) is 1. The number of piperidine rings is 1. The molecule has 1 fully saturated rings. The predicted molar refractivity (Wildman–Crippen MR) is 71.4 cm³/mol. The van der Waals surface area contributed by atoms with E-state index in [-0.39, 0.29) is 12.8 Å². The maximum absolute atomic E-state index is 12.6. The second kappa shape index (κ2) is 5.19. The Balaban J connectivity index is 2.04. The first-order chi connectivity index (χ1) is 8.91. The molecule has 1 heterocycles. The van der Waals surface area contributed by atoms with E-state index in [9.17, 15) is 13.2 Å². The van der Waals surface area contributed by atoms with Gasteiger partial charge in [-0.25, -0.2) is 0 Å². The lowest BCUT2D eigenvalue weighted by Gasteiger charge is -2.34. The van der Waals surface area contributed by atoms with Crippen molar-refractivity contribution in [3.8, 4) is 0 Å². The van der Waals surface area contributed by atoms with Crippen LogP contribution in [-0.2, 0) is 0 Å². The fraction of sp³-hybridized carbons (Fsp3) is 0.538. The number of halogens is 3. The molecule has 0 radical (unpaired) electrons. The van der Waals surface area contributed by atoms with Gasteiger partial charge in [-0.05, 0) is 31.0 Å². The van der Waals surface area contributed by atoms with E-state index in [2.05, 4.69) is 5.32 Å². The highest BCUT2D eigenvalue weighted by Gasteiger charge is 2.41. The molecular formula is C13H18F3N3. The van der Waals surface area contributed by atoms with Crippen molar-refractivity contribution in [1.29, 1.82) is 0 Å². The highest BCUT2D eigenvalue weighted by atomic mass is 19.4. The van der Waals surface area contributed by atoms with Crippen LogP contribution in [0.3, 0.4) is 0 Å². The molecule has 1 aromatic carbocycles. The van der Waals surface area contributed by atoms with E-state index in [1.807, 2.05) is 17.0 Å². The minimum absolute atomic E-state index is 0.150. The Labute approximate surface area is 110 Å². The molecule has 0 aromatic heterocycles. The molecule has 0 atom stereocenters. The van der Waals surface area contributed by atoms with Crippen LogP contribution in [0.2, 0.25) is 0 Å². The molecule has 19 heavy (non-hydrogen) atoms. The largest absolute Gasteiger partial charge is 0.397 e. The van der Waals surface area contributed by atoms with Crippen molar-refractivity contribution < 1.29 is 13.2 Å². The maximum Gasteiger partial charge on any atom is 0.391 e. The van der Waals surface area contributed by atoms with E-state index in [4.69, 9.17) is 5.73 Å². The first-order valence-corrected chi connectivity index (χ1v) is 6.30. The summed E-state index contributed by atoms with van der Waals surface area (Å²) in [6, 6.07) is 5.54. The monoisotopic (exact) mass is 273 g/mol. The van der Waals surface area contributed by atoms with Crippen molar-refractivity contribution in [2.24, 2.45) is 5.92 Å². The van der Waals surface area contributed by atoms with Gasteiger partial charge in [0, 0.05) is 25.8 Å². The smallest absolute Gasteiger partial charge is 0.391 e. The Hall–Kier alpha value is -1.59. The zero-order chi connectivity index (χ0) is 14.0. The SMILES string of the molecule is CNc1ccc(N2CCC(C(F)(F)F)CC2)cc1N. The molecule has 2 rings (SSSR count). The van der Waals surface area contributed by atoms with Gasteiger partial charge in [0.2, 0.25) is 0 Å². The fourth-order valence-corrected chi connectivity index (χ4v) is 2.44. The molecule has 3 nitrogen and oxygen atoms in total. The highest BCUT2D eigenvalue weighted by molar-refractivity contribution is 5.71. The summed E-state index contributed by atoms with van der Waals surface area (Å²) in [7, 11) is 1.78. The van der Waals surface area contributed by atoms with E-state index < -0.39 is 12.1 Å². The molecule has 0 aliphatic carbocycles. The molecule has 0 spiro atoms. The van der Waals surface area contributed by atoms with Gasteiger partial charge in [-0.2, -0.15) is 13.2 Å². The molecule has 0 unspecified atom stereocenters. The predicted octanol–water partition coefficient (Wildman–Crippen LogP) is 3.09. The summed E-state index contributed by atoms with van der Waals surface area (Å²) >= 11 is 0. The topological polar surface area (TPSA) is 41.3 Å². The number of nitrogens with zero attached hydrogens (tertiary/aromatic N) is 1. The van der Waals surface area contributed by atoms with Gasteiger partial charge in [0.1, 0.15) is 0 Å². The Morgan fingerprint density at radius 3 is 2.37 bits per heavy atom. The number of rotatable bonds is 2. The Kier molecular flexibility index (Phi) is 3.78. The van der Waals surface area contributed by atoms with Gasteiger partial charge in [-0.3, -0.25) is 0 Å². The minimum Gasteiger partial charge on any atom is -0.397 e. The van der Waals surface area contributed by atoms with Crippen LogP contribution in [0.4, 0.5) is 30.2 Å². The molecule has 0 bridgehead atoms. The summed E-state index contributed by atoms with van der Waals surface area (Å²) in [4.78, 5) is 1.96. The van der Waals surface area contributed by atoms with Gasteiger partial charge in [-0.15, -0.1) is 0 Å². The van der Waals surface area contributed by atoms with Crippen LogP contribution >= 0.6 is 0 Å². The van der Waals surface area contributed by atoms with Crippen molar-refractivity contribution in [2.45, 2.75) is 19.0 Å². The lowest BCUT2D eigenvalue weighted by molar-refractivity contribution is -0.179. The van der Waals surface area contributed by atoms with Crippen LogP contribution in [0.1, 0.15) is 12.8 Å². The number of hydrogen-bond donors (Lipinski definition) is 2. The molecular weight excluding hydrogens is 255 g/mol. The Morgan fingerprint density at radius 1 is 1.26 bits per heavy atom. The van der Waals surface area contributed by atoms with Crippen LogP contribution < -0.4 is 16.0 Å². The summed E-state index contributed by atoms with van der Waals surface area (Å²) in [5, 5.41) is 2.96. The molecule has 3 N–H and O–H groups in total. The van der Waals surface area contributed by atoms with E-state index in [0.29, 0.717) is 18.8 Å². The van der Waals surface area contributed by atoms with E-state index >= 15 is 0 Å². The number of nitrogen functional groups attached to an aromatic ring is 1. The van der Waals surface area contributed by atoms with Gasteiger partial charge in [0.05, 0.1) is 17.3 Å². The average molecular weight is 273 g/mol. The summed E-state index contributed by atoms with van der Waals surface area (Å²) in [6.07, 6.45) is -3.77. The standard InChI is InChI=1S/C13H18F3N3/c1-18-12-3-2-10(8-11(12)17)19-6-4-9(5-7-19)13(14,15)16/h2-3,8-9,18H,4-7,17H2,1H3. The normalized spacial score (nSPS) is 17.6. The third-order valence-electron chi connectivity index (χ3n) is 3.63. The molecule has 1 aliphatic heterocycles. The van der Waals surface area contributed by atoms with E-state index in [1.54, 1.807) is 13.1 Å². The Bertz CT molecular complexity index is 437. The third-order valence-corrected chi connectivity index (χ3v) is 3.63. The number of hydrogen-bond acceptors (Lipinski definition) is 3. The summed E-state index contributed by atoms with van der Waals surface area (Å²) in [5.41, 5.74) is 8.19. The van der Waals surface area contributed by atoms with Crippen molar-refractivity contribution in [1.82, 2.24) is 0 Å². The molecule has 1 aliphatic rings. The molecule has 0 saturated carbocycles. The van der Waals surface area contributed by atoms with Crippen LogP contribution in [0.25, 0.3) is 0 Å². The second-order valence-electron chi connectivity index (χ2n) is 4.82. The average Bonchev–Trinajstić information content (AvgIpc) is 2.38. The fourth-order valence-electron chi connectivity index (χ4n) is 2.44. The third kappa shape index (κ3) is 3.05. The van der Waals surface area contributed by atoms with Gasteiger partial charge < -0.3 is 16.0 Å². The van der Waals surface area contributed by atoms with Crippen molar-refractivity contribution >= 4 is 17.1 Å². The van der Waals surface area contributed by atoms with Crippen LogP contribution in [0, 0.1) is 5.92 Å². The van der Waals surface area contributed by atoms with Crippen LogP contribution in [0.15, 0.2) is 18.2 Å². The first kappa shape index (κ1) is 13.8. The second-order valence-corrected chi connectivity index (χ2v) is 4.82. The van der Waals surface area contributed by atoms with Gasteiger partial charge in [0.15, 0.2) is 0 Å². The highest BCUT2D eigenvalue weighted by Crippen LogP contribution is 2.36. The van der Waals surface area contributed by atoms with Crippen molar-refractivity contribution in [2.75, 3.05) is 36.1 Å². The number of alkyl halides is 3. The van der Waals surface area contributed by atoms with Gasteiger partial charge in [-0.1, -0.05) is 0 Å². The van der Waals surface area contributed by atoms with E-state index in [0.717, 1.165) is 11.4 Å². The van der Waals surface area contributed by atoms with Crippen LogP contribution in [0.5, 0.6) is 0 Å². The lowest BCUT2D eigenvalue weighted by atomic mass is 9.96. The summed E-state index contributed by atoms with van der Waals surface area (Å²) < 4.78 is 37.8. The minimum atomic E-state index is -4.07. The van der Waals surface area contributed by atoms with Crippen molar-refractivity contribution in [3.63, 3.8) is 0 Å². The first-order valence-electron chi connectivity index (χ1n) is 6.30. The van der Waals surface area contributed by atoms with Gasteiger partial charge in [0.25, 0.3) is 0 Å². The zero-order valence-corrected chi connectivity index (χ0v) is 10.8. The van der Waals surface area contributed by atoms with Gasteiger partial charge >= 0.3 is 6.18 Å². The zero-order valence-electron chi connectivity index (χ0n) is 10.8. The molecule has 1 aromatic rings. The molecule has 6 heteroatoms. The quantitative estimate of drug-likeness (QED) is 0.814. The number of benzene rings is 1. The molecule has 1 saturated heterocycles. The van der Waals surface area contributed by atoms with Crippen molar-refractivity contribution in [3.05, 3.63) is 18.2 Å². The lowest BCUT2D eigenvalue weighted by Crippen LogP contribution is -2.39. The van der Waals surface area contributed by atoms with Crippen LogP contribution in [-0.4, -0.2) is 26.3 Å². The summed E-state index contributed by atoms with van der Waals surface area (Å²) in [5.74, 6) is -1.17. The summed E-state index contributed by atoms with van der Waals surface area (Å²) in [6.45, 7) is 0.838. The molecule has 0 amide bonds. The number of nitrogens with two attached hydrogens (primary N) is 1. The number of anilines is 3. The maximum atomic E-state index is 12.6.